The minimum Gasteiger partial charge on any atom is -0.336 e. The van der Waals surface area contributed by atoms with Crippen LogP contribution < -0.4 is 0 Å². The van der Waals surface area contributed by atoms with Crippen LogP contribution in [0.1, 0.15) is 47.2 Å². The second kappa shape index (κ2) is 9.77. The minimum absolute atomic E-state index is 0.138. The average Bonchev–Trinajstić information content (AvgIpc) is 3.27. The Bertz CT molecular complexity index is 1010. The molecule has 1 aromatic carbocycles. The Kier molecular flexibility index (Phi) is 7.05. The van der Waals surface area contributed by atoms with Crippen LogP contribution in [-0.2, 0) is 23.0 Å². The zero-order valence-electron chi connectivity index (χ0n) is 18.0. The number of piperidine rings is 1. The van der Waals surface area contributed by atoms with Crippen molar-refractivity contribution in [3.05, 3.63) is 45.9 Å². The number of aryl methyl sites for hydroxylation is 1. The summed E-state index contributed by atoms with van der Waals surface area (Å²) in [4.78, 5) is 22.1. The molecule has 2 saturated heterocycles. The Balaban J connectivity index is 1.43. The maximum absolute atomic E-state index is 13.3. The van der Waals surface area contributed by atoms with Crippen molar-refractivity contribution in [3.63, 3.8) is 0 Å². The number of nitrogens with zero attached hydrogens (tertiary/aromatic N) is 4. The van der Waals surface area contributed by atoms with E-state index in [1.165, 1.54) is 4.31 Å². The van der Waals surface area contributed by atoms with Crippen LogP contribution in [-0.4, -0.2) is 72.7 Å². The van der Waals surface area contributed by atoms with Crippen LogP contribution in [0, 0.1) is 0 Å². The first kappa shape index (κ1) is 22.4. The standard InChI is InChI=1S/C22H30N4O3S2/c1-2-21-23-18(17-30-21)16-24-12-14-25(15-13-24)22(27)19-8-4-5-9-20(19)31(28,29)26-10-6-3-7-11-26/h4-5,8-9,17H,2-3,6-7,10-16H2,1H3. The molecule has 3 heterocycles. The van der Waals surface area contributed by atoms with Gasteiger partial charge >= 0.3 is 0 Å². The molecule has 0 bridgehead atoms. The number of sulfonamides is 1. The number of amides is 1. The molecule has 0 N–H and O–H groups in total. The maximum atomic E-state index is 13.3. The molecule has 0 unspecified atom stereocenters. The Labute approximate surface area is 188 Å². The molecular formula is C22H30N4O3S2. The van der Waals surface area contributed by atoms with Gasteiger partial charge in [0.25, 0.3) is 5.91 Å². The highest BCUT2D eigenvalue weighted by Gasteiger charge is 2.32. The summed E-state index contributed by atoms with van der Waals surface area (Å²) in [6.07, 6.45) is 3.75. The van der Waals surface area contributed by atoms with E-state index in [1.54, 1.807) is 40.5 Å². The molecule has 2 aromatic rings. The summed E-state index contributed by atoms with van der Waals surface area (Å²) in [5, 5.41) is 3.26. The van der Waals surface area contributed by atoms with Gasteiger partial charge in [0.2, 0.25) is 10.0 Å². The first-order chi connectivity index (χ1) is 15.0. The molecule has 9 heteroatoms. The van der Waals surface area contributed by atoms with Gasteiger partial charge in [-0.3, -0.25) is 9.69 Å². The molecule has 7 nitrogen and oxygen atoms in total. The SMILES string of the molecule is CCc1nc(CN2CCN(C(=O)c3ccccc3S(=O)(=O)N3CCCCC3)CC2)cs1. The third-order valence-corrected chi connectivity index (χ3v) is 9.00. The largest absolute Gasteiger partial charge is 0.336 e. The van der Waals surface area contributed by atoms with Crippen LogP contribution in [0.15, 0.2) is 34.5 Å². The Morgan fingerprint density at radius 2 is 1.74 bits per heavy atom. The number of piperazine rings is 1. The normalized spacial score (nSPS) is 18.9. The van der Waals surface area contributed by atoms with Gasteiger partial charge in [0, 0.05) is 51.2 Å². The summed E-state index contributed by atoms with van der Waals surface area (Å²) < 4.78 is 28.0. The fraction of sp³-hybridized carbons (Fsp3) is 0.545. The smallest absolute Gasteiger partial charge is 0.255 e. The van der Waals surface area contributed by atoms with E-state index in [9.17, 15) is 13.2 Å². The maximum Gasteiger partial charge on any atom is 0.255 e. The van der Waals surface area contributed by atoms with Crippen LogP contribution in [0.3, 0.4) is 0 Å². The molecular weight excluding hydrogens is 432 g/mol. The summed E-state index contributed by atoms with van der Waals surface area (Å²) in [5.41, 5.74) is 1.37. The van der Waals surface area contributed by atoms with Crippen molar-refractivity contribution >= 4 is 27.3 Å². The number of benzene rings is 1. The first-order valence-corrected chi connectivity index (χ1v) is 13.3. The lowest BCUT2D eigenvalue weighted by molar-refractivity contribution is 0.0623. The fourth-order valence-electron chi connectivity index (χ4n) is 4.21. The van der Waals surface area contributed by atoms with Gasteiger partial charge in [-0.15, -0.1) is 11.3 Å². The van der Waals surface area contributed by atoms with Crippen LogP contribution >= 0.6 is 11.3 Å². The van der Waals surface area contributed by atoms with E-state index in [4.69, 9.17) is 0 Å². The van der Waals surface area contributed by atoms with Gasteiger partial charge < -0.3 is 4.90 Å². The predicted molar refractivity (Wildman–Crippen MR) is 122 cm³/mol. The average molecular weight is 463 g/mol. The highest BCUT2D eigenvalue weighted by atomic mass is 32.2. The van der Waals surface area contributed by atoms with Crippen molar-refractivity contribution in [2.75, 3.05) is 39.3 Å². The highest BCUT2D eigenvalue weighted by molar-refractivity contribution is 7.89. The van der Waals surface area contributed by atoms with Gasteiger partial charge in [0.1, 0.15) is 0 Å². The Morgan fingerprint density at radius 1 is 1.03 bits per heavy atom. The van der Waals surface area contributed by atoms with Crippen molar-refractivity contribution in [3.8, 4) is 0 Å². The van der Waals surface area contributed by atoms with Crippen LogP contribution in [0.4, 0.5) is 0 Å². The van der Waals surface area contributed by atoms with Gasteiger partial charge in [0.15, 0.2) is 0 Å². The molecule has 0 saturated carbocycles. The van der Waals surface area contributed by atoms with E-state index in [2.05, 4.69) is 22.2 Å². The van der Waals surface area contributed by atoms with Crippen LogP contribution in [0.5, 0.6) is 0 Å². The molecule has 0 atom stereocenters. The summed E-state index contributed by atoms with van der Waals surface area (Å²) in [5.74, 6) is -0.197. The second-order valence-corrected chi connectivity index (χ2v) is 11.0. The summed E-state index contributed by atoms with van der Waals surface area (Å²) in [7, 11) is -3.66. The first-order valence-electron chi connectivity index (χ1n) is 11.0. The van der Waals surface area contributed by atoms with Gasteiger partial charge in [0.05, 0.1) is 21.2 Å². The zero-order chi connectivity index (χ0) is 21.8. The summed E-state index contributed by atoms with van der Waals surface area (Å²) in [6.45, 7) is 6.63. The molecule has 168 valence electrons. The molecule has 1 aromatic heterocycles. The zero-order valence-corrected chi connectivity index (χ0v) is 19.6. The van der Waals surface area contributed by atoms with E-state index >= 15 is 0 Å². The number of thiazole rings is 1. The number of hydrogen-bond donors (Lipinski definition) is 0. The number of hydrogen-bond acceptors (Lipinski definition) is 6. The summed E-state index contributed by atoms with van der Waals surface area (Å²) >= 11 is 1.69. The van der Waals surface area contributed by atoms with Gasteiger partial charge in [-0.25, -0.2) is 13.4 Å². The van der Waals surface area contributed by atoms with Crippen molar-refractivity contribution in [2.24, 2.45) is 0 Å². The minimum atomic E-state index is -3.66. The molecule has 0 radical (unpaired) electrons. The Morgan fingerprint density at radius 3 is 2.42 bits per heavy atom. The molecule has 2 aliphatic heterocycles. The van der Waals surface area contributed by atoms with Crippen molar-refractivity contribution in [1.29, 1.82) is 0 Å². The number of rotatable bonds is 6. The van der Waals surface area contributed by atoms with E-state index in [1.807, 2.05) is 0 Å². The molecule has 1 amide bonds. The number of carbonyl (C=O) groups is 1. The molecule has 4 rings (SSSR count). The van der Waals surface area contributed by atoms with Gasteiger partial charge in [-0.1, -0.05) is 25.5 Å². The molecule has 31 heavy (non-hydrogen) atoms. The number of aromatic nitrogens is 1. The van der Waals surface area contributed by atoms with E-state index < -0.39 is 10.0 Å². The van der Waals surface area contributed by atoms with Gasteiger partial charge in [-0.05, 0) is 31.4 Å². The highest BCUT2D eigenvalue weighted by Crippen LogP contribution is 2.25. The fourth-order valence-corrected chi connectivity index (χ4v) is 6.64. The predicted octanol–water partition coefficient (Wildman–Crippen LogP) is 2.84. The lowest BCUT2D eigenvalue weighted by atomic mass is 10.1. The van der Waals surface area contributed by atoms with E-state index in [0.717, 1.165) is 56.0 Å². The molecule has 2 aliphatic rings. The van der Waals surface area contributed by atoms with Crippen molar-refractivity contribution < 1.29 is 13.2 Å². The second-order valence-electron chi connectivity index (χ2n) is 8.12. The number of carbonyl (C=O) groups excluding carboxylic acids is 1. The monoisotopic (exact) mass is 462 g/mol. The molecule has 2 fully saturated rings. The third-order valence-electron chi connectivity index (χ3n) is 6.00. The van der Waals surface area contributed by atoms with Crippen molar-refractivity contribution in [1.82, 2.24) is 19.1 Å². The van der Waals surface area contributed by atoms with Gasteiger partial charge in [-0.2, -0.15) is 4.31 Å². The van der Waals surface area contributed by atoms with Crippen LogP contribution in [0.2, 0.25) is 0 Å². The van der Waals surface area contributed by atoms with Crippen LogP contribution in [0.25, 0.3) is 0 Å². The lowest BCUT2D eigenvalue weighted by Gasteiger charge is -2.35. The Hall–Kier alpha value is -1.81. The molecule has 0 aliphatic carbocycles. The van der Waals surface area contributed by atoms with E-state index in [0.29, 0.717) is 26.2 Å². The molecule has 0 spiro atoms. The summed E-state index contributed by atoms with van der Waals surface area (Å²) in [6, 6.07) is 6.66. The topological polar surface area (TPSA) is 73.8 Å². The quantitative estimate of drug-likeness (QED) is 0.660. The third kappa shape index (κ3) is 5.00. The van der Waals surface area contributed by atoms with E-state index in [-0.39, 0.29) is 16.4 Å². The lowest BCUT2D eigenvalue weighted by Crippen LogP contribution is -2.48. The van der Waals surface area contributed by atoms with Crippen molar-refractivity contribution in [2.45, 2.75) is 44.0 Å².